The highest BCUT2D eigenvalue weighted by molar-refractivity contribution is 7.17. The molecule has 3 heterocycles. The molecule has 0 fully saturated rings. The van der Waals surface area contributed by atoms with Crippen LogP contribution in [0.3, 0.4) is 0 Å². The lowest BCUT2D eigenvalue weighted by Gasteiger charge is -2.08. The van der Waals surface area contributed by atoms with Gasteiger partial charge in [0.2, 0.25) is 11.7 Å². The van der Waals surface area contributed by atoms with E-state index in [9.17, 15) is 4.79 Å². The molecule has 0 bridgehead atoms. The molecule has 3 N–H and O–H groups in total. The molecule has 8 nitrogen and oxygen atoms in total. The number of anilines is 1. The maximum atomic E-state index is 12.4. The Kier molecular flexibility index (Phi) is 4.52. The number of thiazole rings is 1. The summed E-state index contributed by atoms with van der Waals surface area (Å²) >= 11 is 1.17. The summed E-state index contributed by atoms with van der Waals surface area (Å²) < 4.78 is 5.24. The highest BCUT2D eigenvalue weighted by atomic mass is 32.1. The van der Waals surface area contributed by atoms with Gasteiger partial charge in [0.25, 0.3) is 5.91 Å². The molecule has 1 unspecified atom stereocenters. The van der Waals surface area contributed by atoms with Gasteiger partial charge < -0.3 is 15.6 Å². The number of nitrogens with one attached hydrogen (secondary N) is 1. The molecular weight excluding hydrogens is 328 g/mol. The van der Waals surface area contributed by atoms with Crippen molar-refractivity contribution in [2.75, 3.05) is 5.73 Å². The van der Waals surface area contributed by atoms with Crippen molar-refractivity contribution in [3.63, 3.8) is 0 Å². The van der Waals surface area contributed by atoms with Gasteiger partial charge in [-0.25, -0.2) is 4.98 Å². The van der Waals surface area contributed by atoms with Crippen molar-refractivity contribution in [3.8, 4) is 11.4 Å². The molecule has 9 heteroatoms. The van der Waals surface area contributed by atoms with Crippen LogP contribution in [0.1, 0.15) is 41.1 Å². The first kappa shape index (κ1) is 16.1. The summed E-state index contributed by atoms with van der Waals surface area (Å²) in [6.07, 6.45) is 3.95. The summed E-state index contributed by atoms with van der Waals surface area (Å²) in [4.78, 5) is 25.4. The number of nitrogens with two attached hydrogens (primary N) is 1. The van der Waals surface area contributed by atoms with E-state index in [1.807, 2.05) is 13.0 Å². The molecule has 1 amide bonds. The van der Waals surface area contributed by atoms with E-state index in [0.717, 1.165) is 5.56 Å². The first-order valence-corrected chi connectivity index (χ1v) is 8.20. The average Bonchev–Trinajstić information content (AvgIpc) is 3.22. The Balaban J connectivity index is 1.74. The van der Waals surface area contributed by atoms with Crippen LogP contribution in [-0.2, 0) is 6.42 Å². The number of amides is 1. The molecule has 1 atom stereocenters. The highest BCUT2D eigenvalue weighted by Crippen LogP contribution is 2.22. The summed E-state index contributed by atoms with van der Waals surface area (Å²) in [7, 11) is 0. The van der Waals surface area contributed by atoms with Crippen LogP contribution in [0.2, 0.25) is 0 Å². The Bertz CT molecular complexity index is 845. The van der Waals surface area contributed by atoms with Crippen LogP contribution in [0.25, 0.3) is 11.4 Å². The summed E-state index contributed by atoms with van der Waals surface area (Å²) in [6.45, 7) is 3.70. The Morgan fingerprint density at radius 1 is 1.46 bits per heavy atom. The summed E-state index contributed by atoms with van der Waals surface area (Å²) in [5.41, 5.74) is 7.11. The minimum Gasteiger partial charge on any atom is -0.375 e. The van der Waals surface area contributed by atoms with Gasteiger partial charge in [0.15, 0.2) is 5.13 Å². The number of hydrogen-bond acceptors (Lipinski definition) is 8. The van der Waals surface area contributed by atoms with E-state index in [1.165, 1.54) is 11.3 Å². The van der Waals surface area contributed by atoms with E-state index in [2.05, 4.69) is 25.4 Å². The third-order valence-corrected chi connectivity index (χ3v) is 4.26. The molecule has 24 heavy (non-hydrogen) atoms. The second-order valence-electron chi connectivity index (χ2n) is 5.07. The number of rotatable bonds is 5. The van der Waals surface area contributed by atoms with Crippen LogP contribution in [0.4, 0.5) is 5.13 Å². The van der Waals surface area contributed by atoms with Crippen LogP contribution >= 0.6 is 11.3 Å². The van der Waals surface area contributed by atoms with Gasteiger partial charge in [0.1, 0.15) is 10.9 Å². The largest absolute Gasteiger partial charge is 0.375 e. The van der Waals surface area contributed by atoms with E-state index in [-0.39, 0.29) is 5.91 Å². The molecule has 3 aromatic heterocycles. The van der Waals surface area contributed by atoms with E-state index in [1.54, 1.807) is 25.4 Å². The number of aryl methyl sites for hydroxylation is 1. The lowest BCUT2D eigenvalue weighted by atomic mass is 10.2. The van der Waals surface area contributed by atoms with Crippen molar-refractivity contribution >= 4 is 22.4 Å². The Labute approximate surface area is 142 Å². The van der Waals surface area contributed by atoms with E-state index in [0.29, 0.717) is 33.8 Å². The standard InChI is InChI=1S/C15H16N6O2S/c1-3-10-11(24-15(16)19-10)13(22)18-8(2)14-20-12(21-23-14)9-5-4-6-17-7-9/h4-8H,3H2,1-2H3,(H2,16,19)(H,18,22). The van der Waals surface area contributed by atoms with Crippen molar-refractivity contribution in [2.45, 2.75) is 26.3 Å². The van der Waals surface area contributed by atoms with Gasteiger partial charge in [0, 0.05) is 18.0 Å². The number of aromatic nitrogens is 4. The SMILES string of the molecule is CCc1nc(N)sc1C(=O)NC(C)c1nc(-c2cccnc2)no1. The number of pyridine rings is 1. The molecule has 0 aromatic carbocycles. The van der Waals surface area contributed by atoms with Crippen molar-refractivity contribution in [1.82, 2.24) is 25.4 Å². The van der Waals surface area contributed by atoms with Crippen LogP contribution in [0.5, 0.6) is 0 Å². The van der Waals surface area contributed by atoms with E-state index in [4.69, 9.17) is 10.3 Å². The van der Waals surface area contributed by atoms with Crippen molar-refractivity contribution < 1.29 is 9.32 Å². The summed E-state index contributed by atoms with van der Waals surface area (Å²) in [6, 6.07) is 3.18. The van der Waals surface area contributed by atoms with E-state index < -0.39 is 6.04 Å². The monoisotopic (exact) mass is 344 g/mol. The average molecular weight is 344 g/mol. The molecule has 0 radical (unpaired) electrons. The van der Waals surface area contributed by atoms with Crippen molar-refractivity contribution in [2.24, 2.45) is 0 Å². The molecule has 3 aromatic rings. The second kappa shape index (κ2) is 6.75. The fourth-order valence-corrected chi connectivity index (χ4v) is 2.96. The number of nitrogens with zero attached hydrogens (tertiary/aromatic N) is 4. The predicted molar refractivity (Wildman–Crippen MR) is 89.3 cm³/mol. The van der Waals surface area contributed by atoms with Gasteiger partial charge in [-0.1, -0.05) is 23.4 Å². The Morgan fingerprint density at radius 3 is 3.00 bits per heavy atom. The first-order valence-electron chi connectivity index (χ1n) is 7.38. The number of carbonyl (C=O) groups excluding carboxylic acids is 1. The number of nitrogen functional groups attached to an aromatic ring is 1. The highest BCUT2D eigenvalue weighted by Gasteiger charge is 2.21. The maximum Gasteiger partial charge on any atom is 0.264 e. The fourth-order valence-electron chi connectivity index (χ4n) is 2.13. The topological polar surface area (TPSA) is 120 Å². The molecule has 0 aliphatic carbocycles. The molecule has 0 aliphatic rings. The van der Waals surface area contributed by atoms with E-state index >= 15 is 0 Å². The zero-order valence-corrected chi connectivity index (χ0v) is 14.0. The second-order valence-corrected chi connectivity index (χ2v) is 6.11. The molecule has 0 saturated heterocycles. The molecule has 0 spiro atoms. The first-order chi connectivity index (χ1) is 11.6. The molecule has 0 saturated carbocycles. The van der Waals surface area contributed by atoms with Crippen LogP contribution in [-0.4, -0.2) is 26.0 Å². The third kappa shape index (κ3) is 3.25. The summed E-state index contributed by atoms with van der Waals surface area (Å²) in [5.74, 6) is 0.489. The fraction of sp³-hybridized carbons (Fsp3) is 0.267. The number of carbonyl (C=O) groups is 1. The zero-order valence-electron chi connectivity index (χ0n) is 13.2. The van der Waals surface area contributed by atoms with Gasteiger partial charge >= 0.3 is 0 Å². The van der Waals surface area contributed by atoms with Crippen LogP contribution in [0, 0.1) is 0 Å². The summed E-state index contributed by atoms with van der Waals surface area (Å²) in [5, 5.41) is 7.12. The molecule has 3 rings (SSSR count). The van der Waals surface area contributed by atoms with Gasteiger partial charge in [-0.2, -0.15) is 4.98 Å². The third-order valence-electron chi connectivity index (χ3n) is 3.33. The Hall–Kier alpha value is -2.81. The molecular formula is C15H16N6O2S. The normalized spacial score (nSPS) is 12.1. The molecule has 124 valence electrons. The van der Waals surface area contributed by atoms with Gasteiger partial charge in [-0.3, -0.25) is 9.78 Å². The van der Waals surface area contributed by atoms with Crippen LogP contribution < -0.4 is 11.1 Å². The van der Waals surface area contributed by atoms with Gasteiger partial charge in [-0.15, -0.1) is 0 Å². The molecule has 0 aliphatic heterocycles. The lowest BCUT2D eigenvalue weighted by molar-refractivity contribution is 0.0935. The van der Waals surface area contributed by atoms with Gasteiger partial charge in [-0.05, 0) is 25.5 Å². The quantitative estimate of drug-likeness (QED) is 0.728. The van der Waals surface area contributed by atoms with Crippen molar-refractivity contribution in [3.05, 3.63) is 41.0 Å². The van der Waals surface area contributed by atoms with Crippen molar-refractivity contribution in [1.29, 1.82) is 0 Å². The minimum atomic E-state index is -0.441. The smallest absolute Gasteiger partial charge is 0.264 e. The minimum absolute atomic E-state index is 0.255. The number of hydrogen-bond donors (Lipinski definition) is 2. The van der Waals surface area contributed by atoms with Crippen LogP contribution in [0.15, 0.2) is 29.0 Å². The Morgan fingerprint density at radius 2 is 2.29 bits per heavy atom. The lowest BCUT2D eigenvalue weighted by Crippen LogP contribution is -2.27. The van der Waals surface area contributed by atoms with Gasteiger partial charge in [0.05, 0.1) is 5.69 Å². The maximum absolute atomic E-state index is 12.4. The predicted octanol–water partition coefficient (Wildman–Crippen LogP) is 2.22. The zero-order chi connectivity index (χ0) is 17.1.